The third-order valence-electron chi connectivity index (χ3n) is 4.55. The molecule has 1 aliphatic carbocycles. The van der Waals surface area contributed by atoms with Crippen molar-refractivity contribution in [2.45, 2.75) is 19.3 Å². The SMILES string of the molecule is N#CC1=NN(c2cc(Cl)c(OC3=NCC(=O)C(C4CC4)=C3)c(Br)c2)C(=O)CC1=O. The highest BCUT2D eigenvalue weighted by molar-refractivity contribution is 9.10. The van der Waals surface area contributed by atoms with Gasteiger partial charge in [0, 0.05) is 11.6 Å². The van der Waals surface area contributed by atoms with Gasteiger partial charge in [0.2, 0.25) is 17.4 Å². The van der Waals surface area contributed by atoms with Gasteiger partial charge in [0.15, 0.2) is 11.5 Å². The summed E-state index contributed by atoms with van der Waals surface area (Å²) in [5.74, 6) is -0.367. The number of nitrogens with zero attached hydrogens (tertiary/aromatic N) is 4. The topological polar surface area (TPSA) is 112 Å². The number of dihydropyridines is 1. The summed E-state index contributed by atoms with van der Waals surface area (Å²) < 4.78 is 6.21. The minimum absolute atomic E-state index is 0.00433. The van der Waals surface area contributed by atoms with Gasteiger partial charge in [-0.2, -0.15) is 15.4 Å². The van der Waals surface area contributed by atoms with E-state index < -0.39 is 18.1 Å². The van der Waals surface area contributed by atoms with Crippen LogP contribution in [0.15, 0.2) is 38.3 Å². The number of amides is 1. The molecule has 0 N–H and O–H groups in total. The van der Waals surface area contributed by atoms with Crippen LogP contribution in [-0.4, -0.2) is 35.6 Å². The van der Waals surface area contributed by atoms with Gasteiger partial charge in [0.05, 0.1) is 21.6 Å². The summed E-state index contributed by atoms with van der Waals surface area (Å²) in [4.78, 5) is 39.9. The molecule has 0 unspecified atom stereocenters. The molecule has 146 valence electrons. The highest BCUT2D eigenvalue weighted by atomic mass is 79.9. The van der Waals surface area contributed by atoms with Crippen molar-refractivity contribution in [3.63, 3.8) is 0 Å². The average molecular weight is 476 g/mol. The number of carbonyl (C=O) groups excluding carboxylic acids is 3. The normalized spacial score (nSPS) is 19.4. The monoisotopic (exact) mass is 474 g/mol. The number of aliphatic imine (C=N–C) groups is 1. The lowest BCUT2D eigenvalue weighted by Gasteiger charge is -2.22. The summed E-state index contributed by atoms with van der Waals surface area (Å²) in [5, 5.41) is 13.9. The zero-order valence-corrected chi connectivity index (χ0v) is 17.2. The van der Waals surface area contributed by atoms with Gasteiger partial charge in [0.25, 0.3) is 5.91 Å². The van der Waals surface area contributed by atoms with Crippen LogP contribution in [0.4, 0.5) is 5.69 Å². The molecule has 29 heavy (non-hydrogen) atoms. The molecule has 0 radical (unpaired) electrons. The first kappa shape index (κ1) is 19.5. The number of benzene rings is 1. The van der Waals surface area contributed by atoms with E-state index in [1.165, 1.54) is 12.1 Å². The van der Waals surface area contributed by atoms with Crippen molar-refractivity contribution >= 4 is 62.3 Å². The van der Waals surface area contributed by atoms with E-state index in [1.807, 2.05) is 0 Å². The van der Waals surface area contributed by atoms with Gasteiger partial charge < -0.3 is 4.74 Å². The number of ether oxygens (including phenoxy) is 1. The van der Waals surface area contributed by atoms with E-state index in [0.717, 1.165) is 23.4 Å². The van der Waals surface area contributed by atoms with E-state index in [-0.39, 0.29) is 46.3 Å². The summed E-state index contributed by atoms with van der Waals surface area (Å²) >= 11 is 9.70. The number of anilines is 1. The fraction of sp³-hybridized carbons (Fsp3) is 0.263. The lowest BCUT2D eigenvalue weighted by molar-refractivity contribution is -0.124. The van der Waals surface area contributed by atoms with E-state index in [4.69, 9.17) is 21.6 Å². The number of ketones is 2. The van der Waals surface area contributed by atoms with Crippen molar-refractivity contribution in [1.82, 2.24) is 0 Å². The van der Waals surface area contributed by atoms with Crippen molar-refractivity contribution in [2.24, 2.45) is 16.0 Å². The predicted octanol–water partition coefficient (Wildman–Crippen LogP) is 2.98. The molecule has 0 bridgehead atoms. The lowest BCUT2D eigenvalue weighted by atomic mass is 10.0. The molecular weight excluding hydrogens is 464 g/mol. The molecule has 8 nitrogen and oxygen atoms in total. The maximum Gasteiger partial charge on any atom is 0.255 e. The summed E-state index contributed by atoms with van der Waals surface area (Å²) in [6.07, 6.45) is 3.17. The van der Waals surface area contributed by atoms with E-state index in [9.17, 15) is 14.4 Å². The first-order valence-corrected chi connectivity index (χ1v) is 9.85. The summed E-state index contributed by atoms with van der Waals surface area (Å²) in [5.41, 5.74) is 0.645. The second-order valence-electron chi connectivity index (χ2n) is 6.66. The summed E-state index contributed by atoms with van der Waals surface area (Å²) in [6.45, 7) is 0.0347. The van der Waals surface area contributed by atoms with Crippen molar-refractivity contribution < 1.29 is 19.1 Å². The van der Waals surface area contributed by atoms with Gasteiger partial charge in [-0.05, 0) is 46.8 Å². The lowest BCUT2D eigenvalue weighted by Crippen LogP contribution is -2.36. The fourth-order valence-electron chi connectivity index (χ4n) is 2.97. The molecule has 0 aromatic heterocycles. The van der Waals surface area contributed by atoms with Crippen LogP contribution in [0.25, 0.3) is 0 Å². The number of hydrazone groups is 1. The van der Waals surface area contributed by atoms with Gasteiger partial charge in [-0.15, -0.1) is 0 Å². The summed E-state index contributed by atoms with van der Waals surface area (Å²) in [6, 6.07) is 4.65. The number of nitriles is 1. The van der Waals surface area contributed by atoms with Crippen molar-refractivity contribution in [1.29, 1.82) is 5.26 Å². The standard InChI is InChI=1S/C19H12BrClN4O4/c20-12-3-10(25-18(28)6-15(26)14(7-22)24-25)4-13(21)19(12)29-17-5-11(9-1-2-9)16(27)8-23-17/h3-5,9H,1-2,6,8H2. The number of Topliss-reactive ketones (excluding diaryl/α,β-unsaturated/α-hetero) is 2. The smallest absolute Gasteiger partial charge is 0.255 e. The molecule has 4 rings (SSSR count). The fourth-order valence-corrected chi connectivity index (χ4v) is 3.86. The second kappa shape index (κ2) is 7.54. The number of hydrogen-bond donors (Lipinski definition) is 0. The molecule has 0 atom stereocenters. The van der Waals surface area contributed by atoms with Crippen molar-refractivity contribution in [3.05, 3.63) is 33.3 Å². The van der Waals surface area contributed by atoms with Gasteiger partial charge in [0.1, 0.15) is 12.6 Å². The number of rotatable bonds is 3. The Labute approximate surface area is 178 Å². The molecule has 10 heteroatoms. The van der Waals surface area contributed by atoms with Crippen LogP contribution in [0.2, 0.25) is 5.02 Å². The highest BCUT2D eigenvalue weighted by Gasteiger charge is 2.33. The first-order valence-electron chi connectivity index (χ1n) is 8.68. The molecule has 0 saturated heterocycles. The Morgan fingerprint density at radius 2 is 2.00 bits per heavy atom. The van der Waals surface area contributed by atoms with Crippen LogP contribution in [0.1, 0.15) is 19.3 Å². The Bertz CT molecular complexity index is 1070. The zero-order chi connectivity index (χ0) is 20.7. The van der Waals surface area contributed by atoms with Crippen LogP contribution in [0, 0.1) is 17.2 Å². The molecule has 0 spiro atoms. The molecule has 1 amide bonds. The Morgan fingerprint density at radius 3 is 2.66 bits per heavy atom. The van der Waals surface area contributed by atoms with Crippen LogP contribution in [0.5, 0.6) is 5.75 Å². The number of carbonyl (C=O) groups is 3. The molecule has 2 aliphatic heterocycles. The minimum atomic E-state index is -0.623. The van der Waals surface area contributed by atoms with E-state index in [1.54, 1.807) is 12.1 Å². The van der Waals surface area contributed by atoms with Crippen molar-refractivity contribution in [3.8, 4) is 11.8 Å². The molecule has 1 saturated carbocycles. The average Bonchev–Trinajstić information content (AvgIpc) is 3.51. The van der Waals surface area contributed by atoms with Gasteiger partial charge in [-0.3, -0.25) is 14.4 Å². The maximum atomic E-state index is 12.2. The Balaban J connectivity index is 1.62. The Kier molecular flexibility index (Phi) is 5.06. The molecule has 2 heterocycles. The second-order valence-corrected chi connectivity index (χ2v) is 7.92. The van der Waals surface area contributed by atoms with Crippen LogP contribution < -0.4 is 9.75 Å². The zero-order valence-electron chi connectivity index (χ0n) is 14.8. The van der Waals surface area contributed by atoms with Crippen LogP contribution >= 0.6 is 27.5 Å². The third kappa shape index (κ3) is 3.86. The van der Waals surface area contributed by atoms with Gasteiger partial charge >= 0.3 is 0 Å². The van der Waals surface area contributed by atoms with Crippen LogP contribution in [-0.2, 0) is 14.4 Å². The van der Waals surface area contributed by atoms with E-state index in [0.29, 0.717) is 4.47 Å². The predicted molar refractivity (Wildman–Crippen MR) is 108 cm³/mol. The summed E-state index contributed by atoms with van der Waals surface area (Å²) in [7, 11) is 0. The molecule has 3 aliphatic rings. The highest BCUT2D eigenvalue weighted by Crippen LogP contribution is 2.40. The van der Waals surface area contributed by atoms with Crippen LogP contribution in [0.3, 0.4) is 0 Å². The number of halogens is 2. The number of hydrogen-bond acceptors (Lipinski definition) is 7. The Morgan fingerprint density at radius 1 is 1.24 bits per heavy atom. The largest absolute Gasteiger partial charge is 0.437 e. The van der Waals surface area contributed by atoms with Gasteiger partial charge in [-0.1, -0.05) is 11.6 Å². The molecule has 1 aromatic carbocycles. The van der Waals surface area contributed by atoms with E-state index in [2.05, 4.69) is 26.0 Å². The third-order valence-corrected chi connectivity index (χ3v) is 5.42. The molecular formula is C19H12BrClN4O4. The van der Waals surface area contributed by atoms with Gasteiger partial charge in [-0.25, -0.2) is 4.99 Å². The van der Waals surface area contributed by atoms with E-state index >= 15 is 0 Å². The quantitative estimate of drug-likeness (QED) is 0.624. The maximum absolute atomic E-state index is 12.2. The minimum Gasteiger partial charge on any atom is -0.437 e. The Hall–Kier alpha value is -2.83. The van der Waals surface area contributed by atoms with Crippen molar-refractivity contribution in [2.75, 3.05) is 11.6 Å². The molecule has 1 aromatic rings. The first-order chi connectivity index (χ1) is 13.9. The molecule has 1 fully saturated rings.